The minimum atomic E-state index is -1.04. The maximum atomic E-state index is 12.0. The first-order valence-electron chi connectivity index (χ1n) is 8.13. The van der Waals surface area contributed by atoms with Crippen molar-refractivity contribution in [3.8, 4) is 0 Å². The fraction of sp³-hybridized carbons (Fsp3) is 0.588. The zero-order valence-electron chi connectivity index (χ0n) is 13.3. The number of piperidine rings is 1. The molecule has 1 N–H and O–H groups in total. The van der Waals surface area contributed by atoms with Gasteiger partial charge in [-0.25, -0.2) is 0 Å². The Morgan fingerprint density at radius 1 is 1.39 bits per heavy atom. The average molecular weight is 336 g/mol. The molecule has 2 aliphatic rings. The fourth-order valence-corrected chi connectivity index (χ4v) is 4.84. The summed E-state index contributed by atoms with van der Waals surface area (Å²) in [7, 11) is -1.04. The fourth-order valence-electron chi connectivity index (χ4n) is 3.91. The summed E-state index contributed by atoms with van der Waals surface area (Å²) in [6.07, 6.45) is 2.16. The van der Waals surface area contributed by atoms with E-state index >= 15 is 0 Å². The van der Waals surface area contributed by atoms with E-state index in [0.717, 1.165) is 31.7 Å². The smallest absolute Gasteiger partial charge is 0.250 e. The lowest BCUT2D eigenvalue weighted by atomic mass is 9.83. The van der Waals surface area contributed by atoms with Gasteiger partial charge in [-0.2, -0.15) is 0 Å². The van der Waals surface area contributed by atoms with Gasteiger partial charge in [0.15, 0.2) is 0 Å². The van der Waals surface area contributed by atoms with Crippen LogP contribution in [-0.2, 0) is 17.3 Å². The first-order valence-corrected chi connectivity index (χ1v) is 9.61. The molecular weight excluding hydrogens is 312 g/mol. The summed E-state index contributed by atoms with van der Waals surface area (Å²) >= 11 is 0. The van der Waals surface area contributed by atoms with Crippen LogP contribution in [0.5, 0.6) is 0 Å². The number of fused-ring (bicyclic) bond motifs is 4. The van der Waals surface area contributed by atoms with Crippen LogP contribution < -0.4 is 5.56 Å². The number of aliphatic hydroxyl groups excluding tert-OH is 1. The van der Waals surface area contributed by atoms with Gasteiger partial charge in [-0.15, -0.1) is 6.58 Å². The topological polar surface area (TPSA) is 62.5 Å². The maximum absolute atomic E-state index is 12.0. The van der Waals surface area contributed by atoms with Crippen LogP contribution in [0.15, 0.2) is 35.6 Å². The molecule has 3 heterocycles. The van der Waals surface area contributed by atoms with E-state index in [4.69, 9.17) is 0 Å². The average Bonchev–Trinajstić information content (AvgIpc) is 2.48. The number of hydrogen-bond acceptors (Lipinski definition) is 4. The third-order valence-electron chi connectivity index (χ3n) is 4.71. The Morgan fingerprint density at radius 2 is 2.22 bits per heavy atom. The highest BCUT2D eigenvalue weighted by molar-refractivity contribution is 7.85. The predicted molar refractivity (Wildman–Crippen MR) is 92.1 cm³/mol. The predicted octanol–water partition coefficient (Wildman–Crippen LogP) is 0.563. The third-order valence-corrected chi connectivity index (χ3v) is 6.07. The molecule has 0 amide bonds. The quantitative estimate of drug-likeness (QED) is 0.771. The van der Waals surface area contributed by atoms with Gasteiger partial charge in [-0.1, -0.05) is 12.1 Å². The Kier molecular flexibility index (Phi) is 5.14. The van der Waals surface area contributed by atoms with E-state index in [0.29, 0.717) is 29.9 Å². The van der Waals surface area contributed by atoms with Crippen LogP contribution in [0.4, 0.5) is 0 Å². The molecule has 5 nitrogen and oxygen atoms in total. The van der Waals surface area contributed by atoms with Crippen LogP contribution in [0.3, 0.4) is 0 Å². The van der Waals surface area contributed by atoms with Gasteiger partial charge in [-0.05, 0) is 18.4 Å². The summed E-state index contributed by atoms with van der Waals surface area (Å²) in [5.41, 5.74) is 1.20. The van der Waals surface area contributed by atoms with Crippen molar-refractivity contribution >= 4 is 10.8 Å². The van der Waals surface area contributed by atoms with Crippen molar-refractivity contribution in [1.29, 1.82) is 0 Å². The molecule has 0 saturated carbocycles. The van der Waals surface area contributed by atoms with Crippen molar-refractivity contribution in [3.63, 3.8) is 0 Å². The van der Waals surface area contributed by atoms with Crippen LogP contribution in [0.25, 0.3) is 0 Å². The molecule has 3 rings (SSSR count). The van der Waals surface area contributed by atoms with Crippen molar-refractivity contribution in [2.24, 2.45) is 5.92 Å². The number of aliphatic hydroxyl groups is 1. The van der Waals surface area contributed by atoms with Gasteiger partial charge in [-0.3, -0.25) is 13.9 Å². The summed E-state index contributed by atoms with van der Waals surface area (Å²) in [5.74, 6) is 1.53. The molecule has 6 heteroatoms. The van der Waals surface area contributed by atoms with E-state index in [-0.39, 0.29) is 5.56 Å². The molecule has 2 bridgehead atoms. The lowest BCUT2D eigenvalue weighted by Crippen LogP contribution is -2.49. The number of pyridine rings is 1. The molecule has 1 saturated heterocycles. The highest BCUT2D eigenvalue weighted by Crippen LogP contribution is 2.34. The van der Waals surface area contributed by atoms with E-state index in [1.165, 1.54) is 0 Å². The van der Waals surface area contributed by atoms with E-state index in [9.17, 15) is 14.1 Å². The van der Waals surface area contributed by atoms with Gasteiger partial charge in [0.05, 0.1) is 11.9 Å². The molecular formula is C17H24N2O3S. The summed E-state index contributed by atoms with van der Waals surface area (Å²) in [6.45, 7) is 6.63. The number of nitrogens with zero attached hydrogens (tertiary/aromatic N) is 2. The van der Waals surface area contributed by atoms with Crippen molar-refractivity contribution in [2.75, 3.05) is 31.1 Å². The molecule has 0 radical (unpaired) electrons. The first-order chi connectivity index (χ1) is 11.1. The second kappa shape index (κ2) is 7.11. The normalized spacial score (nSPS) is 26.3. The number of rotatable bonds is 6. The van der Waals surface area contributed by atoms with E-state index < -0.39 is 16.9 Å². The summed E-state index contributed by atoms with van der Waals surface area (Å²) in [6, 6.07) is 5.50. The molecule has 0 spiro atoms. The minimum Gasteiger partial charge on any atom is -0.391 e. The monoisotopic (exact) mass is 336 g/mol. The van der Waals surface area contributed by atoms with Crippen molar-refractivity contribution < 1.29 is 9.32 Å². The standard InChI is InChI=1S/C17H24N2O3S/c1-2-6-23(22)12-15(20)11-18-8-13-7-14(10-18)16-4-3-5-17(21)19(16)9-13/h2-5,13-15,20H,1,6-12H2/t13-,14+,15-,23+/m1/s1. The number of aromatic nitrogens is 1. The van der Waals surface area contributed by atoms with Crippen LogP contribution in [0.2, 0.25) is 0 Å². The molecule has 0 aromatic carbocycles. The lowest BCUT2D eigenvalue weighted by molar-refractivity contribution is 0.0714. The molecule has 1 fully saturated rings. The van der Waals surface area contributed by atoms with Gasteiger partial charge in [0.2, 0.25) is 0 Å². The molecule has 0 unspecified atom stereocenters. The van der Waals surface area contributed by atoms with E-state index in [2.05, 4.69) is 11.5 Å². The molecule has 23 heavy (non-hydrogen) atoms. The molecule has 1 aromatic rings. The van der Waals surface area contributed by atoms with Crippen LogP contribution in [0, 0.1) is 5.92 Å². The summed E-state index contributed by atoms with van der Waals surface area (Å²) < 4.78 is 13.6. The largest absolute Gasteiger partial charge is 0.391 e. The zero-order valence-corrected chi connectivity index (χ0v) is 14.1. The van der Waals surface area contributed by atoms with Crippen molar-refractivity contribution in [2.45, 2.75) is 25.0 Å². The highest BCUT2D eigenvalue weighted by atomic mass is 32.2. The van der Waals surface area contributed by atoms with Gasteiger partial charge >= 0.3 is 0 Å². The second-order valence-corrected chi connectivity index (χ2v) is 8.18. The Labute approximate surface area is 139 Å². The maximum Gasteiger partial charge on any atom is 0.250 e. The van der Waals surface area contributed by atoms with Crippen LogP contribution in [-0.4, -0.2) is 56.0 Å². The molecule has 126 valence electrons. The number of likely N-dealkylation sites (tertiary alicyclic amines) is 1. The van der Waals surface area contributed by atoms with Crippen molar-refractivity contribution in [1.82, 2.24) is 9.47 Å². The second-order valence-electron chi connectivity index (χ2n) is 6.63. The lowest BCUT2D eigenvalue weighted by Gasteiger charge is -2.43. The van der Waals surface area contributed by atoms with Gasteiger partial charge < -0.3 is 9.67 Å². The molecule has 2 aliphatic heterocycles. The number of hydrogen-bond donors (Lipinski definition) is 1. The molecule has 0 aliphatic carbocycles. The minimum absolute atomic E-state index is 0.0884. The van der Waals surface area contributed by atoms with Gasteiger partial charge in [0.25, 0.3) is 5.56 Å². The van der Waals surface area contributed by atoms with Gasteiger partial charge in [0, 0.05) is 60.4 Å². The Balaban J connectivity index is 1.65. The van der Waals surface area contributed by atoms with Crippen molar-refractivity contribution in [3.05, 3.63) is 46.9 Å². The highest BCUT2D eigenvalue weighted by Gasteiger charge is 2.34. The van der Waals surface area contributed by atoms with E-state index in [1.54, 1.807) is 12.1 Å². The first kappa shape index (κ1) is 16.6. The van der Waals surface area contributed by atoms with Crippen LogP contribution in [0.1, 0.15) is 18.0 Å². The number of β-amino-alcohol motifs (C(OH)–C–C–N with tert-alkyl or cyclic N) is 1. The van der Waals surface area contributed by atoms with E-state index in [1.807, 2.05) is 16.7 Å². The Morgan fingerprint density at radius 3 is 3.00 bits per heavy atom. The van der Waals surface area contributed by atoms with Gasteiger partial charge in [0.1, 0.15) is 0 Å². The molecule has 4 atom stereocenters. The summed E-state index contributed by atoms with van der Waals surface area (Å²) in [5, 5.41) is 10.2. The summed E-state index contributed by atoms with van der Waals surface area (Å²) in [4.78, 5) is 14.3. The van der Waals surface area contributed by atoms with Crippen LogP contribution >= 0.6 is 0 Å². The third kappa shape index (κ3) is 3.82. The Bertz CT molecular complexity index is 657. The SMILES string of the molecule is C=CC[S@](=O)C[C@H](O)CN1C[C@H]2C[C@@H](C1)c1cccc(=O)n1C2. The Hall–Kier alpha value is -1.24. The zero-order chi connectivity index (χ0) is 16.4. The molecule has 1 aromatic heterocycles.